The molecular weight excluding hydrogens is 470 g/mol. The Morgan fingerprint density at radius 2 is 2.00 bits per heavy atom. The van der Waals surface area contributed by atoms with Gasteiger partial charge in [-0.25, -0.2) is 19.6 Å². The molecule has 0 bridgehead atoms. The van der Waals surface area contributed by atoms with Crippen molar-refractivity contribution in [3.8, 4) is 0 Å². The number of carbonyl (C=O) groups excluding carboxylic acids is 1. The topological polar surface area (TPSA) is 75.0 Å². The molecule has 2 aromatic heterocycles. The zero-order chi connectivity index (χ0) is 25.1. The molecule has 1 fully saturated rings. The third-order valence-electron chi connectivity index (χ3n) is 5.58. The van der Waals surface area contributed by atoms with Gasteiger partial charge in [-0.2, -0.15) is 0 Å². The number of ether oxygens (including phenoxy) is 2. The molecule has 1 saturated heterocycles. The summed E-state index contributed by atoms with van der Waals surface area (Å²) in [5.41, 5.74) is 0.463. The maximum absolute atomic E-state index is 13.0. The van der Waals surface area contributed by atoms with Crippen LogP contribution in [0, 0.1) is 5.92 Å². The highest BCUT2D eigenvalue weighted by atomic mass is 32.1. The summed E-state index contributed by atoms with van der Waals surface area (Å²) in [4.78, 5) is 32.1. The summed E-state index contributed by atoms with van der Waals surface area (Å²) in [6.07, 6.45) is 0.559. The van der Waals surface area contributed by atoms with Gasteiger partial charge in [0.1, 0.15) is 29.6 Å². The van der Waals surface area contributed by atoms with Gasteiger partial charge in [0.05, 0.1) is 18.2 Å². The fourth-order valence-electron chi connectivity index (χ4n) is 3.97. The molecule has 0 saturated carbocycles. The highest BCUT2D eigenvalue weighted by molar-refractivity contribution is 7.18. The summed E-state index contributed by atoms with van der Waals surface area (Å²) in [6, 6.07) is 3.04. The van der Waals surface area contributed by atoms with Gasteiger partial charge in [0, 0.05) is 26.1 Å². The first-order chi connectivity index (χ1) is 15.9. The van der Waals surface area contributed by atoms with Crippen LogP contribution in [0.25, 0.3) is 10.3 Å². The lowest BCUT2D eigenvalue weighted by molar-refractivity contribution is -0.300. The number of hydrogen-bond acceptors (Lipinski definition) is 7. The first kappa shape index (κ1) is 27.1. The molecule has 34 heavy (non-hydrogen) atoms. The van der Waals surface area contributed by atoms with Gasteiger partial charge in [0.2, 0.25) is 0 Å². The van der Waals surface area contributed by atoms with Gasteiger partial charge in [-0.1, -0.05) is 26.6 Å². The molecule has 10 heteroatoms. The number of fused-ring (bicyclic) bond motifs is 1. The maximum atomic E-state index is 13.0. The SMILES string of the molecule is CCOOCc1cc2c(nc(C3C[C@H](C)CN3C(=O)OC(C)(C)C)n2COCC[Si](C)(C)C)s1. The van der Waals surface area contributed by atoms with Gasteiger partial charge in [-0.3, -0.25) is 4.90 Å². The Labute approximate surface area is 208 Å². The van der Waals surface area contributed by atoms with Crippen molar-refractivity contribution in [3.63, 3.8) is 0 Å². The molecule has 8 nitrogen and oxygen atoms in total. The number of imidazole rings is 1. The van der Waals surface area contributed by atoms with Crippen molar-refractivity contribution >= 4 is 35.9 Å². The van der Waals surface area contributed by atoms with Crippen LogP contribution in [-0.2, 0) is 32.6 Å². The number of thiophene rings is 1. The molecule has 192 valence electrons. The highest BCUT2D eigenvalue weighted by Crippen LogP contribution is 2.39. The number of carbonyl (C=O) groups is 1. The minimum atomic E-state index is -1.19. The second-order valence-corrected chi connectivity index (χ2v) is 18.0. The predicted molar refractivity (Wildman–Crippen MR) is 138 cm³/mol. The van der Waals surface area contributed by atoms with E-state index in [0.29, 0.717) is 32.4 Å². The van der Waals surface area contributed by atoms with Gasteiger partial charge >= 0.3 is 6.09 Å². The van der Waals surface area contributed by atoms with Crippen LogP contribution >= 0.6 is 11.3 Å². The molecule has 1 aliphatic rings. The number of likely N-dealkylation sites (tertiary alicyclic amines) is 1. The second-order valence-electron chi connectivity index (χ2n) is 11.3. The summed E-state index contributed by atoms with van der Waals surface area (Å²) in [7, 11) is -1.19. The van der Waals surface area contributed by atoms with Crippen LogP contribution in [0.15, 0.2) is 6.07 Å². The van der Waals surface area contributed by atoms with E-state index in [1.165, 1.54) is 0 Å². The highest BCUT2D eigenvalue weighted by Gasteiger charge is 2.39. The Hall–Kier alpha value is -1.46. The molecular formula is C24H41N3O5SSi. The van der Waals surface area contributed by atoms with Crippen LogP contribution in [0.2, 0.25) is 25.7 Å². The van der Waals surface area contributed by atoms with Gasteiger partial charge in [0.15, 0.2) is 0 Å². The van der Waals surface area contributed by atoms with Crippen LogP contribution in [0.5, 0.6) is 0 Å². The van der Waals surface area contributed by atoms with E-state index in [1.54, 1.807) is 11.3 Å². The molecule has 0 aliphatic carbocycles. The molecule has 3 heterocycles. The van der Waals surface area contributed by atoms with E-state index in [1.807, 2.05) is 32.6 Å². The number of rotatable bonds is 10. The summed E-state index contributed by atoms with van der Waals surface area (Å²) in [6.45, 7) is 19.5. The molecule has 2 atom stereocenters. The standard InChI is InChI=1S/C24H41N3O5SSi/c1-9-30-31-15-18-13-20-22(33-18)25-21(27(20)16-29-10-11-34(6,7)8)19-12-17(2)14-26(19)23(28)32-24(3,4)5/h13,17,19H,9-12,14-16H2,1-8H3/t17-,19?/m0/s1. The third-order valence-corrected chi connectivity index (χ3v) is 8.28. The monoisotopic (exact) mass is 511 g/mol. The van der Waals surface area contributed by atoms with Crippen molar-refractivity contribution in [2.75, 3.05) is 19.8 Å². The van der Waals surface area contributed by atoms with Gasteiger partial charge in [-0.15, -0.1) is 11.3 Å². The molecule has 1 aliphatic heterocycles. The molecule has 2 aromatic rings. The molecule has 1 unspecified atom stereocenters. The lowest BCUT2D eigenvalue weighted by Crippen LogP contribution is -2.37. The molecule has 0 spiro atoms. The van der Waals surface area contributed by atoms with Gasteiger partial charge in [-0.05, 0) is 52.1 Å². The zero-order valence-corrected chi connectivity index (χ0v) is 23.8. The quantitative estimate of drug-likeness (QED) is 0.164. The minimum absolute atomic E-state index is 0.145. The zero-order valence-electron chi connectivity index (χ0n) is 22.0. The molecule has 0 N–H and O–H groups in total. The summed E-state index contributed by atoms with van der Waals surface area (Å²) < 4.78 is 14.0. The maximum Gasteiger partial charge on any atom is 0.410 e. The van der Waals surface area contributed by atoms with E-state index in [2.05, 4.69) is 37.2 Å². The van der Waals surface area contributed by atoms with E-state index >= 15 is 0 Å². The van der Waals surface area contributed by atoms with Gasteiger partial charge in [0.25, 0.3) is 0 Å². The van der Waals surface area contributed by atoms with Crippen molar-refractivity contribution in [3.05, 3.63) is 16.8 Å². The van der Waals surface area contributed by atoms with E-state index in [9.17, 15) is 4.79 Å². The number of amides is 1. The number of aromatic nitrogens is 2. The van der Waals surface area contributed by atoms with Crippen molar-refractivity contribution in [2.45, 2.75) is 91.7 Å². The Balaban J connectivity index is 1.89. The minimum Gasteiger partial charge on any atom is -0.444 e. The lowest BCUT2D eigenvalue weighted by atomic mass is 10.1. The van der Waals surface area contributed by atoms with Crippen LogP contribution in [0.4, 0.5) is 4.79 Å². The average Bonchev–Trinajstić information content (AvgIpc) is 3.36. The normalized spacial score (nSPS) is 19.4. The average molecular weight is 512 g/mol. The second kappa shape index (κ2) is 11.1. The summed E-state index contributed by atoms with van der Waals surface area (Å²) >= 11 is 1.59. The lowest BCUT2D eigenvalue weighted by Gasteiger charge is -2.28. The van der Waals surface area contributed by atoms with Crippen LogP contribution in [0.1, 0.15) is 57.8 Å². The largest absolute Gasteiger partial charge is 0.444 e. The first-order valence-electron chi connectivity index (χ1n) is 12.2. The van der Waals surface area contributed by atoms with Gasteiger partial charge < -0.3 is 14.0 Å². The third kappa shape index (κ3) is 7.27. The molecule has 0 radical (unpaired) electrons. The van der Waals surface area contributed by atoms with E-state index < -0.39 is 13.7 Å². The van der Waals surface area contributed by atoms with E-state index in [0.717, 1.165) is 40.1 Å². The fourth-order valence-corrected chi connectivity index (χ4v) is 5.67. The Morgan fingerprint density at radius 3 is 2.65 bits per heavy atom. The van der Waals surface area contributed by atoms with Crippen molar-refractivity contribution < 1.29 is 24.0 Å². The van der Waals surface area contributed by atoms with Crippen LogP contribution < -0.4 is 0 Å². The van der Waals surface area contributed by atoms with Crippen molar-refractivity contribution in [1.29, 1.82) is 0 Å². The fraction of sp³-hybridized carbons (Fsp3) is 0.750. The number of nitrogens with zero attached hydrogens (tertiary/aromatic N) is 3. The predicted octanol–water partition coefficient (Wildman–Crippen LogP) is 6.20. The van der Waals surface area contributed by atoms with Crippen LogP contribution in [-0.4, -0.2) is 54.0 Å². The molecule has 3 rings (SSSR count). The summed E-state index contributed by atoms with van der Waals surface area (Å²) in [5, 5.41) is 0. The Morgan fingerprint density at radius 1 is 1.26 bits per heavy atom. The Bertz CT molecular complexity index is 962. The first-order valence-corrected chi connectivity index (χ1v) is 16.7. The van der Waals surface area contributed by atoms with Crippen molar-refractivity contribution in [1.82, 2.24) is 14.5 Å². The van der Waals surface area contributed by atoms with Crippen molar-refractivity contribution in [2.24, 2.45) is 5.92 Å². The molecule has 0 aromatic carbocycles. The smallest absolute Gasteiger partial charge is 0.410 e. The Kier molecular flexibility index (Phi) is 8.83. The molecule has 1 amide bonds. The summed E-state index contributed by atoms with van der Waals surface area (Å²) in [5.74, 6) is 1.23. The van der Waals surface area contributed by atoms with Crippen LogP contribution in [0.3, 0.4) is 0 Å². The number of hydrogen-bond donors (Lipinski definition) is 0. The van der Waals surface area contributed by atoms with E-state index in [-0.39, 0.29) is 12.1 Å². The van der Waals surface area contributed by atoms with E-state index in [4.69, 9.17) is 24.2 Å².